The average molecular weight is 494 g/mol. The Bertz CT molecular complexity index is 1520. The Hall–Kier alpha value is -4.50. The molecule has 0 bridgehead atoms. The number of hydrazine groups is 1. The molecule has 1 fully saturated rings. The standard InChI is InChI=1S/C28H27N7O2/c1-17-24(15-31-16-26(17)34-29)19-5-6-20-14-32-25(11-22(20)10-19)27-12-23(33-18(2)36)7-9-35(27)28(37)21-4-3-8-30-13-21/h3-6,8,10-11,13-16,27,34H,7,9,12,29H2,1-2H3. The summed E-state index contributed by atoms with van der Waals surface area (Å²) in [5.41, 5.74) is 8.45. The van der Waals surface area contributed by atoms with Crippen LogP contribution >= 0.6 is 0 Å². The molecule has 0 spiro atoms. The number of fused-ring (bicyclic) bond motifs is 1. The number of anilines is 1. The highest BCUT2D eigenvalue weighted by Gasteiger charge is 2.32. The molecular formula is C28H27N7O2. The predicted octanol–water partition coefficient (Wildman–Crippen LogP) is 4.25. The van der Waals surface area contributed by atoms with Gasteiger partial charge in [0.05, 0.1) is 29.2 Å². The molecule has 0 saturated carbocycles. The fourth-order valence-corrected chi connectivity index (χ4v) is 4.80. The first-order valence-electron chi connectivity index (χ1n) is 12.0. The summed E-state index contributed by atoms with van der Waals surface area (Å²) < 4.78 is 0. The van der Waals surface area contributed by atoms with Crippen molar-refractivity contribution in [2.24, 2.45) is 10.8 Å². The molecule has 1 unspecified atom stereocenters. The number of benzene rings is 1. The zero-order chi connectivity index (χ0) is 25.9. The van der Waals surface area contributed by atoms with Gasteiger partial charge in [-0.1, -0.05) is 12.1 Å². The zero-order valence-electron chi connectivity index (χ0n) is 20.7. The Morgan fingerprint density at radius 1 is 1.08 bits per heavy atom. The van der Waals surface area contributed by atoms with E-state index in [1.807, 2.05) is 37.5 Å². The van der Waals surface area contributed by atoms with Gasteiger partial charge in [-0.25, -0.2) is 4.99 Å². The average Bonchev–Trinajstić information content (AvgIpc) is 2.92. The lowest BCUT2D eigenvalue weighted by Gasteiger charge is -2.36. The van der Waals surface area contributed by atoms with Gasteiger partial charge in [0.15, 0.2) is 0 Å². The number of aromatic nitrogens is 3. The molecule has 186 valence electrons. The summed E-state index contributed by atoms with van der Waals surface area (Å²) in [7, 11) is 0. The number of carbonyl (C=O) groups excluding carboxylic acids is 2. The Balaban J connectivity index is 1.56. The van der Waals surface area contributed by atoms with Crippen molar-refractivity contribution in [2.75, 3.05) is 12.0 Å². The fourth-order valence-electron chi connectivity index (χ4n) is 4.80. The molecule has 3 N–H and O–H groups in total. The van der Waals surface area contributed by atoms with Gasteiger partial charge in [-0.2, -0.15) is 0 Å². The summed E-state index contributed by atoms with van der Waals surface area (Å²) in [6.07, 6.45) is 9.52. The Labute approximate surface area is 214 Å². The number of hydrogen-bond donors (Lipinski definition) is 2. The second kappa shape index (κ2) is 10.2. The third-order valence-corrected chi connectivity index (χ3v) is 6.70. The molecule has 9 nitrogen and oxygen atoms in total. The van der Waals surface area contributed by atoms with Gasteiger partial charge in [0.1, 0.15) is 0 Å². The molecule has 0 aliphatic carbocycles. The monoisotopic (exact) mass is 493 g/mol. The molecule has 5 rings (SSSR count). The van der Waals surface area contributed by atoms with Crippen LogP contribution in [0.1, 0.15) is 47.4 Å². The quantitative estimate of drug-likeness (QED) is 0.321. The maximum atomic E-state index is 13.4. The van der Waals surface area contributed by atoms with E-state index in [4.69, 9.17) is 10.8 Å². The number of nitrogen functional groups attached to an aromatic ring is 1. The van der Waals surface area contributed by atoms with Gasteiger partial charge in [-0.15, -0.1) is 0 Å². The summed E-state index contributed by atoms with van der Waals surface area (Å²) in [6.45, 7) is 3.87. The van der Waals surface area contributed by atoms with Crippen molar-refractivity contribution in [3.8, 4) is 11.1 Å². The highest BCUT2D eigenvalue weighted by Crippen LogP contribution is 2.34. The van der Waals surface area contributed by atoms with Crippen molar-refractivity contribution >= 4 is 34.0 Å². The van der Waals surface area contributed by atoms with E-state index in [-0.39, 0.29) is 17.9 Å². The van der Waals surface area contributed by atoms with Crippen molar-refractivity contribution < 1.29 is 9.59 Å². The van der Waals surface area contributed by atoms with Crippen LogP contribution in [0, 0.1) is 6.92 Å². The van der Waals surface area contributed by atoms with Crippen LogP contribution in [-0.2, 0) is 4.79 Å². The number of likely N-dealkylation sites (tertiary alicyclic amines) is 1. The van der Waals surface area contributed by atoms with E-state index in [1.54, 1.807) is 35.6 Å². The first-order chi connectivity index (χ1) is 17.9. The van der Waals surface area contributed by atoms with E-state index in [1.165, 1.54) is 6.92 Å². The lowest BCUT2D eigenvalue weighted by molar-refractivity contribution is -0.115. The fraction of sp³-hybridized carbons (Fsp3) is 0.214. The number of nitrogens with two attached hydrogens (primary N) is 1. The summed E-state index contributed by atoms with van der Waals surface area (Å²) in [5.74, 6) is 5.28. The third-order valence-electron chi connectivity index (χ3n) is 6.70. The molecule has 1 aliphatic heterocycles. The number of piperidine rings is 1. The van der Waals surface area contributed by atoms with Crippen LogP contribution in [0.5, 0.6) is 0 Å². The Morgan fingerprint density at radius 3 is 2.70 bits per heavy atom. The Kier molecular flexibility index (Phi) is 6.70. The van der Waals surface area contributed by atoms with Crippen LogP contribution in [0.2, 0.25) is 0 Å². The van der Waals surface area contributed by atoms with Gasteiger partial charge in [-0.05, 0) is 47.7 Å². The molecule has 0 radical (unpaired) electrons. The third kappa shape index (κ3) is 4.94. The first kappa shape index (κ1) is 24.2. The number of amides is 2. The van der Waals surface area contributed by atoms with E-state index in [0.29, 0.717) is 24.9 Å². The van der Waals surface area contributed by atoms with Crippen molar-refractivity contribution in [1.82, 2.24) is 19.9 Å². The maximum Gasteiger partial charge on any atom is 0.256 e. The first-order valence-corrected chi connectivity index (χ1v) is 12.0. The molecule has 4 heterocycles. The molecule has 1 aliphatic rings. The topological polar surface area (TPSA) is 126 Å². The van der Waals surface area contributed by atoms with E-state index < -0.39 is 0 Å². The summed E-state index contributed by atoms with van der Waals surface area (Å²) in [5, 5.41) is 1.96. The van der Waals surface area contributed by atoms with Crippen LogP contribution in [0.3, 0.4) is 0 Å². The van der Waals surface area contributed by atoms with Crippen molar-refractivity contribution in [1.29, 1.82) is 0 Å². The number of rotatable bonds is 4. The number of carbonyl (C=O) groups is 2. The van der Waals surface area contributed by atoms with E-state index >= 15 is 0 Å². The van der Waals surface area contributed by atoms with Gasteiger partial charge in [-0.3, -0.25) is 30.4 Å². The lowest BCUT2D eigenvalue weighted by atomic mass is 9.94. The molecule has 3 aromatic heterocycles. The molecule has 37 heavy (non-hydrogen) atoms. The zero-order valence-corrected chi connectivity index (χ0v) is 20.7. The minimum atomic E-state index is -0.360. The van der Waals surface area contributed by atoms with Crippen LogP contribution in [0.15, 0.2) is 72.4 Å². The van der Waals surface area contributed by atoms with Crippen LogP contribution in [-0.4, -0.2) is 43.9 Å². The number of aliphatic imine (C=N–C) groups is 1. The molecule has 2 amide bonds. The normalized spacial score (nSPS) is 16.7. The Morgan fingerprint density at radius 2 is 1.95 bits per heavy atom. The van der Waals surface area contributed by atoms with Crippen molar-refractivity contribution in [2.45, 2.75) is 32.7 Å². The largest absolute Gasteiger partial charge is 0.329 e. The highest BCUT2D eigenvalue weighted by atomic mass is 16.2. The van der Waals surface area contributed by atoms with Crippen LogP contribution in [0.25, 0.3) is 21.9 Å². The number of nitrogens with zero attached hydrogens (tertiary/aromatic N) is 5. The minimum absolute atomic E-state index is 0.122. The van der Waals surface area contributed by atoms with Gasteiger partial charge >= 0.3 is 0 Å². The second-order valence-corrected chi connectivity index (χ2v) is 9.08. The van der Waals surface area contributed by atoms with Gasteiger partial charge in [0.2, 0.25) is 5.91 Å². The van der Waals surface area contributed by atoms with Crippen LogP contribution in [0.4, 0.5) is 5.69 Å². The molecule has 1 saturated heterocycles. The van der Waals surface area contributed by atoms with Gasteiger partial charge in [0.25, 0.3) is 5.91 Å². The van der Waals surface area contributed by atoms with E-state index in [0.717, 1.165) is 44.6 Å². The number of nitrogens with one attached hydrogen (secondary N) is 1. The van der Waals surface area contributed by atoms with Crippen molar-refractivity contribution in [3.63, 3.8) is 0 Å². The predicted molar refractivity (Wildman–Crippen MR) is 143 cm³/mol. The summed E-state index contributed by atoms with van der Waals surface area (Å²) in [6, 6.07) is 11.3. The highest BCUT2D eigenvalue weighted by molar-refractivity contribution is 5.99. The maximum absolute atomic E-state index is 13.4. The molecular weight excluding hydrogens is 466 g/mol. The number of pyridine rings is 3. The second-order valence-electron chi connectivity index (χ2n) is 9.08. The molecule has 1 atom stereocenters. The molecule has 1 aromatic carbocycles. The summed E-state index contributed by atoms with van der Waals surface area (Å²) >= 11 is 0. The smallest absolute Gasteiger partial charge is 0.256 e. The molecule has 4 aromatic rings. The minimum Gasteiger partial charge on any atom is -0.329 e. The number of hydrogen-bond acceptors (Lipinski definition) is 7. The summed E-state index contributed by atoms with van der Waals surface area (Å²) in [4.78, 5) is 44.3. The van der Waals surface area contributed by atoms with E-state index in [9.17, 15) is 9.59 Å². The van der Waals surface area contributed by atoms with Gasteiger partial charge < -0.3 is 10.3 Å². The van der Waals surface area contributed by atoms with E-state index in [2.05, 4.69) is 26.5 Å². The van der Waals surface area contributed by atoms with Crippen LogP contribution < -0.4 is 11.3 Å². The van der Waals surface area contributed by atoms with Crippen molar-refractivity contribution in [3.05, 3.63) is 84.2 Å². The molecule has 9 heteroatoms. The lowest BCUT2D eigenvalue weighted by Crippen LogP contribution is -2.41. The van der Waals surface area contributed by atoms with Gasteiger partial charge in [0, 0.05) is 67.8 Å². The SMILES string of the molecule is CC(=O)N=C1CCN(C(=O)c2cccnc2)C(c2cc3cc(-c4cncc(NN)c4C)ccc3cn2)C1.